The lowest BCUT2D eigenvalue weighted by Crippen LogP contribution is -1.94. The normalized spacial score (nSPS) is 11.7. The van der Waals surface area contributed by atoms with Crippen molar-refractivity contribution < 1.29 is 0 Å². The average molecular weight is 759 g/mol. The van der Waals surface area contributed by atoms with Crippen molar-refractivity contribution in [3.8, 4) is 55.6 Å². The Bertz CT molecular complexity index is 3550. The first-order valence-electron chi connectivity index (χ1n) is 20.8. The number of rotatable bonds is 5. The number of hydrogen-bond acceptors (Lipinski definition) is 0. The summed E-state index contributed by atoms with van der Waals surface area (Å²) in [6, 6.07) is 85.5. The topological polar surface area (TPSA) is 0 Å². The van der Waals surface area contributed by atoms with Crippen LogP contribution in [0.5, 0.6) is 0 Å². The quantitative estimate of drug-likeness (QED) is 0.153. The van der Waals surface area contributed by atoms with Crippen LogP contribution in [0.3, 0.4) is 0 Å². The molecule has 0 fully saturated rings. The van der Waals surface area contributed by atoms with E-state index >= 15 is 0 Å². The minimum Gasteiger partial charge on any atom is -0.0616 e. The van der Waals surface area contributed by atoms with Gasteiger partial charge in [0, 0.05) is 0 Å². The molecule has 0 spiro atoms. The van der Waals surface area contributed by atoms with Gasteiger partial charge in [-0.05, 0) is 151 Å². The number of hydrogen-bond donors (Lipinski definition) is 0. The molecule has 0 nitrogen and oxygen atoms in total. The molecule has 0 aliphatic carbocycles. The largest absolute Gasteiger partial charge is 0.0616 e. The van der Waals surface area contributed by atoms with Gasteiger partial charge < -0.3 is 0 Å². The van der Waals surface area contributed by atoms with Crippen LogP contribution in [0.2, 0.25) is 0 Å². The molecule has 0 unspecified atom stereocenters. The molecular formula is C60H38. The van der Waals surface area contributed by atoms with Crippen molar-refractivity contribution in [2.75, 3.05) is 0 Å². The van der Waals surface area contributed by atoms with Crippen molar-refractivity contribution >= 4 is 64.6 Å². The zero-order valence-electron chi connectivity index (χ0n) is 32.9. The van der Waals surface area contributed by atoms with Gasteiger partial charge in [-0.15, -0.1) is 0 Å². The molecule has 12 aromatic rings. The maximum atomic E-state index is 2.46. The lowest BCUT2D eigenvalue weighted by Gasteiger charge is -2.21. The molecule has 0 amide bonds. The lowest BCUT2D eigenvalue weighted by atomic mass is 9.82. The molecule has 60 heavy (non-hydrogen) atoms. The maximum Gasteiger partial charge on any atom is -0.00201 e. The van der Waals surface area contributed by atoms with E-state index in [4.69, 9.17) is 0 Å². The van der Waals surface area contributed by atoms with Gasteiger partial charge in [-0.2, -0.15) is 0 Å². The Morgan fingerprint density at radius 3 is 1.17 bits per heavy atom. The molecule has 0 heteroatoms. The van der Waals surface area contributed by atoms with Crippen LogP contribution < -0.4 is 0 Å². The smallest absolute Gasteiger partial charge is 0.00201 e. The minimum absolute atomic E-state index is 1.20. The zero-order valence-corrected chi connectivity index (χ0v) is 32.9. The Hall–Kier alpha value is -7.80. The Balaban J connectivity index is 1.22. The zero-order chi connectivity index (χ0) is 39.6. The molecule has 0 aliphatic heterocycles. The van der Waals surface area contributed by atoms with Gasteiger partial charge >= 0.3 is 0 Å². The highest BCUT2D eigenvalue weighted by Gasteiger charge is 2.21. The summed E-state index contributed by atoms with van der Waals surface area (Å²) in [4.78, 5) is 0. The van der Waals surface area contributed by atoms with E-state index in [0.717, 1.165) is 0 Å². The molecule has 0 bridgehead atoms. The lowest BCUT2D eigenvalue weighted by molar-refractivity contribution is 1.61. The van der Waals surface area contributed by atoms with E-state index in [1.807, 2.05) is 0 Å². The van der Waals surface area contributed by atoms with Gasteiger partial charge in [0.2, 0.25) is 0 Å². The Labute approximate surface area is 349 Å². The van der Waals surface area contributed by atoms with Crippen LogP contribution in [-0.4, -0.2) is 0 Å². The van der Waals surface area contributed by atoms with Gasteiger partial charge in [0.15, 0.2) is 0 Å². The molecular weight excluding hydrogens is 721 g/mol. The van der Waals surface area contributed by atoms with Gasteiger partial charge in [-0.1, -0.05) is 200 Å². The molecule has 278 valence electrons. The first-order chi connectivity index (χ1) is 29.7. The van der Waals surface area contributed by atoms with Gasteiger partial charge in [0.25, 0.3) is 0 Å². The maximum absolute atomic E-state index is 2.46. The monoisotopic (exact) mass is 758 g/mol. The number of benzene rings is 12. The summed E-state index contributed by atoms with van der Waals surface area (Å²) in [6.07, 6.45) is 0. The van der Waals surface area contributed by atoms with Crippen molar-refractivity contribution in [1.29, 1.82) is 0 Å². The fourth-order valence-corrected chi connectivity index (χ4v) is 9.81. The number of fused-ring (bicyclic) bond motifs is 6. The van der Waals surface area contributed by atoms with E-state index in [9.17, 15) is 0 Å². The highest BCUT2D eigenvalue weighted by atomic mass is 14.2. The van der Waals surface area contributed by atoms with Crippen molar-refractivity contribution in [3.63, 3.8) is 0 Å². The summed E-state index contributed by atoms with van der Waals surface area (Å²) in [6.45, 7) is 0. The first kappa shape index (κ1) is 34.3. The van der Waals surface area contributed by atoms with Crippen LogP contribution in [0.15, 0.2) is 231 Å². The fraction of sp³-hybridized carbons (Fsp3) is 0. The van der Waals surface area contributed by atoms with Gasteiger partial charge in [0.1, 0.15) is 0 Å². The SMILES string of the molecule is c1ccc2cc(-c3ccc4c(-c5cccc6ccccc56)c5ccccc5c(-c5cc(-c6cccc7ccccc67)cc(-c6cccc7ccccc67)c5)c4c3)ccc2c1. The minimum atomic E-state index is 1.20. The predicted octanol–water partition coefficient (Wildman–Crippen LogP) is 16.9. The summed E-state index contributed by atoms with van der Waals surface area (Å²) in [7, 11) is 0. The highest BCUT2D eigenvalue weighted by Crippen LogP contribution is 2.48. The van der Waals surface area contributed by atoms with Crippen LogP contribution in [0.4, 0.5) is 0 Å². The summed E-state index contributed by atoms with van der Waals surface area (Å²) < 4.78 is 0. The summed E-state index contributed by atoms with van der Waals surface area (Å²) in [5.41, 5.74) is 12.2. The van der Waals surface area contributed by atoms with E-state index in [-0.39, 0.29) is 0 Å². The van der Waals surface area contributed by atoms with E-state index in [1.54, 1.807) is 0 Å². The molecule has 12 aromatic carbocycles. The molecule has 0 radical (unpaired) electrons. The summed E-state index contributed by atoms with van der Waals surface area (Å²) >= 11 is 0. The molecule has 0 heterocycles. The van der Waals surface area contributed by atoms with Crippen molar-refractivity contribution in [3.05, 3.63) is 231 Å². The van der Waals surface area contributed by atoms with Gasteiger partial charge in [-0.25, -0.2) is 0 Å². The molecule has 0 saturated heterocycles. The Morgan fingerprint density at radius 2 is 0.567 bits per heavy atom. The third kappa shape index (κ3) is 5.61. The van der Waals surface area contributed by atoms with Crippen LogP contribution in [0, 0.1) is 0 Å². The first-order valence-corrected chi connectivity index (χ1v) is 20.8. The van der Waals surface area contributed by atoms with E-state index in [1.165, 1.54) is 120 Å². The molecule has 0 saturated carbocycles. The van der Waals surface area contributed by atoms with E-state index < -0.39 is 0 Å². The van der Waals surface area contributed by atoms with Crippen LogP contribution in [-0.2, 0) is 0 Å². The second-order valence-electron chi connectivity index (χ2n) is 16.0. The molecule has 12 rings (SSSR count). The van der Waals surface area contributed by atoms with Crippen LogP contribution >= 0.6 is 0 Å². The van der Waals surface area contributed by atoms with Crippen molar-refractivity contribution in [1.82, 2.24) is 0 Å². The standard InChI is InChI=1S/C60H38/c1-2-18-43-34-44(31-30-39(43)14-1)45-32-33-57-58(38-45)59(55-25-9-10-26-56(55)60(57)54-29-13-21-42-17-5-8-24-51(42)54)48-36-46(52-27-11-19-40-15-3-6-22-49(40)52)35-47(37-48)53-28-12-20-41-16-4-7-23-50(41)53/h1-38H. The van der Waals surface area contributed by atoms with Crippen molar-refractivity contribution in [2.45, 2.75) is 0 Å². The fourth-order valence-electron chi connectivity index (χ4n) is 9.81. The van der Waals surface area contributed by atoms with Crippen molar-refractivity contribution in [2.24, 2.45) is 0 Å². The predicted molar refractivity (Wildman–Crippen MR) is 259 cm³/mol. The van der Waals surface area contributed by atoms with Gasteiger partial charge in [0.05, 0.1) is 0 Å². The van der Waals surface area contributed by atoms with Crippen LogP contribution in [0.1, 0.15) is 0 Å². The second kappa shape index (κ2) is 13.9. The van der Waals surface area contributed by atoms with E-state index in [2.05, 4.69) is 231 Å². The molecule has 0 atom stereocenters. The molecule has 0 aliphatic rings. The highest BCUT2D eigenvalue weighted by molar-refractivity contribution is 6.24. The summed E-state index contributed by atoms with van der Waals surface area (Å²) in [5, 5.41) is 14.9. The van der Waals surface area contributed by atoms with Crippen LogP contribution in [0.25, 0.3) is 120 Å². The third-order valence-corrected chi connectivity index (χ3v) is 12.6. The Morgan fingerprint density at radius 1 is 0.167 bits per heavy atom. The summed E-state index contributed by atoms with van der Waals surface area (Å²) in [5.74, 6) is 0. The van der Waals surface area contributed by atoms with Gasteiger partial charge in [-0.3, -0.25) is 0 Å². The Kier molecular flexibility index (Phi) is 7.96. The average Bonchev–Trinajstić information content (AvgIpc) is 3.32. The molecule has 0 N–H and O–H groups in total. The second-order valence-corrected chi connectivity index (χ2v) is 16.0. The third-order valence-electron chi connectivity index (χ3n) is 12.6. The molecule has 0 aromatic heterocycles. The van der Waals surface area contributed by atoms with E-state index in [0.29, 0.717) is 0 Å².